The topological polar surface area (TPSA) is 15.6 Å². The van der Waals surface area contributed by atoms with E-state index < -0.39 is 0 Å². The number of nitrogens with zero attached hydrogens (tertiary/aromatic N) is 2. The maximum absolute atomic E-state index is 4.85. The molecule has 0 radical (unpaired) electrons. The first-order valence-corrected chi connectivity index (χ1v) is 11.9. The number of rotatable bonds is 7. The van der Waals surface area contributed by atoms with Crippen LogP contribution in [0.5, 0.6) is 0 Å². The summed E-state index contributed by atoms with van der Waals surface area (Å²) in [4.78, 5) is 0. The number of allylic oxidation sites excluding steroid dienone is 1. The number of hydrazone groups is 1. The van der Waals surface area contributed by atoms with Crippen molar-refractivity contribution in [2.24, 2.45) is 5.10 Å². The molecule has 0 spiro atoms. The van der Waals surface area contributed by atoms with Gasteiger partial charge in [0.05, 0.1) is 12.2 Å². The summed E-state index contributed by atoms with van der Waals surface area (Å²) in [7, 11) is 0. The minimum atomic E-state index is 0.708. The molecule has 0 aliphatic carbocycles. The summed E-state index contributed by atoms with van der Waals surface area (Å²) in [6.07, 6.45) is 4.02. The first-order chi connectivity index (χ1) is 16.7. The summed E-state index contributed by atoms with van der Waals surface area (Å²) in [6, 6.07) is 38.0. The van der Waals surface area contributed by atoms with Gasteiger partial charge in [0.1, 0.15) is 0 Å². The minimum Gasteiger partial charge on any atom is -0.261 e. The molecule has 0 saturated carbocycles. The van der Waals surface area contributed by atoms with Crippen LogP contribution in [0.2, 0.25) is 0 Å². The van der Waals surface area contributed by atoms with Crippen molar-refractivity contribution in [1.82, 2.24) is 0 Å². The van der Waals surface area contributed by atoms with Crippen LogP contribution in [-0.4, -0.2) is 6.21 Å². The molecule has 0 aliphatic rings. The fourth-order valence-corrected chi connectivity index (χ4v) is 3.57. The first-order valence-electron chi connectivity index (χ1n) is 11.9. The molecule has 0 atom stereocenters. The molecule has 0 amide bonds. The minimum absolute atomic E-state index is 0.708. The average molecular weight is 447 g/mol. The smallest absolute Gasteiger partial charge is 0.0666 e. The summed E-state index contributed by atoms with van der Waals surface area (Å²) in [6.45, 7) is 8.93. The lowest BCUT2D eigenvalue weighted by atomic mass is 9.96. The summed E-state index contributed by atoms with van der Waals surface area (Å²) in [5, 5.41) is 6.88. The quantitative estimate of drug-likeness (QED) is 0.205. The Morgan fingerprint density at radius 3 is 1.62 bits per heavy atom. The van der Waals surface area contributed by atoms with Gasteiger partial charge in [-0.2, -0.15) is 5.10 Å². The molecule has 2 heteroatoms. The van der Waals surface area contributed by atoms with Crippen molar-refractivity contribution in [2.45, 2.75) is 34.2 Å². The van der Waals surface area contributed by atoms with Crippen molar-refractivity contribution in [3.05, 3.63) is 143 Å². The number of anilines is 1. The van der Waals surface area contributed by atoms with Crippen molar-refractivity contribution in [3.8, 4) is 0 Å². The third-order valence-electron chi connectivity index (χ3n) is 5.40. The second kappa shape index (κ2) is 13.0. The Bertz CT molecular complexity index is 1130. The molecule has 0 aromatic heterocycles. The predicted molar refractivity (Wildman–Crippen MR) is 148 cm³/mol. The molecule has 0 fully saturated rings. The van der Waals surface area contributed by atoms with Gasteiger partial charge < -0.3 is 0 Å². The number of para-hydroxylation sites is 1. The SMILES string of the molecule is CC.Cc1ccc(C(=CC=NN(Cc2ccccc2)c2ccccc2)c2ccc(C)cc2)cc1. The Morgan fingerprint density at radius 2 is 1.12 bits per heavy atom. The highest BCUT2D eigenvalue weighted by Crippen LogP contribution is 2.24. The highest BCUT2D eigenvalue weighted by molar-refractivity contribution is 5.91. The molecule has 0 N–H and O–H groups in total. The Labute approximate surface area is 204 Å². The van der Waals surface area contributed by atoms with Crippen molar-refractivity contribution in [3.63, 3.8) is 0 Å². The van der Waals surface area contributed by atoms with Crippen molar-refractivity contribution < 1.29 is 0 Å². The normalized spacial score (nSPS) is 10.4. The first kappa shape index (κ1) is 24.7. The fraction of sp³-hybridized carbons (Fsp3) is 0.156. The van der Waals surface area contributed by atoms with E-state index in [1.807, 2.05) is 49.3 Å². The number of hydrogen-bond donors (Lipinski definition) is 0. The van der Waals surface area contributed by atoms with Gasteiger partial charge in [0, 0.05) is 6.21 Å². The zero-order valence-electron chi connectivity index (χ0n) is 20.6. The van der Waals surface area contributed by atoms with Crippen molar-refractivity contribution in [2.75, 3.05) is 5.01 Å². The Kier molecular flexibility index (Phi) is 9.42. The van der Waals surface area contributed by atoms with Gasteiger partial charge in [-0.15, -0.1) is 0 Å². The summed E-state index contributed by atoms with van der Waals surface area (Å²) < 4.78 is 0. The third-order valence-corrected chi connectivity index (χ3v) is 5.40. The van der Waals surface area contributed by atoms with Crippen LogP contribution in [0.3, 0.4) is 0 Å². The molecule has 0 bridgehead atoms. The van der Waals surface area contributed by atoms with Crippen LogP contribution in [0.15, 0.2) is 120 Å². The Balaban J connectivity index is 0.00000158. The maximum atomic E-state index is 4.85. The van der Waals surface area contributed by atoms with Gasteiger partial charge in [0.15, 0.2) is 0 Å². The molecule has 0 saturated heterocycles. The molecule has 34 heavy (non-hydrogen) atoms. The summed E-state index contributed by atoms with van der Waals surface area (Å²) >= 11 is 0. The monoisotopic (exact) mass is 446 g/mol. The van der Waals surface area contributed by atoms with E-state index in [1.54, 1.807) is 0 Å². The maximum Gasteiger partial charge on any atom is 0.0666 e. The molecule has 0 unspecified atom stereocenters. The van der Waals surface area contributed by atoms with Gasteiger partial charge in [0.25, 0.3) is 0 Å². The van der Waals surface area contributed by atoms with E-state index in [4.69, 9.17) is 5.10 Å². The highest BCUT2D eigenvalue weighted by atomic mass is 15.4. The van der Waals surface area contributed by atoms with Crippen LogP contribution in [0, 0.1) is 13.8 Å². The van der Waals surface area contributed by atoms with Crippen LogP contribution in [0.1, 0.15) is 41.7 Å². The molecule has 0 aliphatic heterocycles. The Hall–Kier alpha value is -3.91. The molecule has 2 nitrogen and oxygen atoms in total. The molecule has 4 aromatic carbocycles. The van der Waals surface area contributed by atoms with E-state index in [1.165, 1.54) is 27.8 Å². The van der Waals surface area contributed by atoms with Crippen molar-refractivity contribution >= 4 is 17.5 Å². The molecule has 4 aromatic rings. The van der Waals surface area contributed by atoms with Gasteiger partial charge in [0.2, 0.25) is 0 Å². The Morgan fingerprint density at radius 1 is 0.647 bits per heavy atom. The van der Waals surface area contributed by atoms with Crippen molar-refractivity contribution in [1.29, 1.82) is 0 Å². The average Bonchev–Trinajstić information content (AvgIpc) is 2.90. The lowest BCUT2D eigenvalue weighted by Gasteiger charge is -2.19. The van der Waals surface area contributed by atoms with Gasteiger partial charge >= 0.3 is 0 Å². The second-order valence-corrected chi connectivity index (χ2v) is 7.96. The standard InChI is InChI=1S/C30H28N2.C2H6/c1-24-13-17-27(18-14-24)30(28-19-15-25(2)16-20-28)21-22-31-32(29-11-7-4-8-12-29)23-26-9-5-3-6-10-26;1-2/h3-22H,23H2,1-2H3;1-2H3. The summed E-state index contributed by atoms with van der Waals surface area (Å²) in [5.41, 5.74) is 8.30. The molecule has 0 heterocycles. The van der Waals surface area contributed by atoms with E-state index >= 15 is 0 Å². The zero-order chi connectivity index (χ0) is 24.2. The second-order valence-electron chi connectivity index (χ2n) is 7.96. The number of aryl methyl sites for hydroxylation is 2. The number of benzene rings is 4. The lowest BCUT2D eigenvalue weighted by molar-refractivity contribution is 0.859. The van der Waals surface area contributed by atoms with Gasteiger partial charge in [-0.05, 0) is 54.3 Å². The van der Waals surface area contributed by atoms with E-state index in [2.05, 4.69) is 105 Å². The highest BCUT2D eigenvalue weighted by Gasteiger charge is 2.07. The van der Waals surface area contributed by atoms with Gasteiger partial charge in [-0.1, -0.05) is 122 Å². The molecular weight excluding hydrogens is 412 g/mol. The summed E-state index contributed by atoms with van der Waals surface area (Å²) in [5.74, 6) is 0. The van der Waals surface area contributed by atoms with Crippen LogP contribution >= 0.6 is 0 Å². The van der Waals surface area contributed by atoms with Gasteiger partial charge in [-0.25, -0.2) is 0 Å². The van der Waals surface area contributed by atoms with E-state index in [9.17, 15) is 0 Å². The van der Waals surface area contributed by atoms with Crippen LogP contribution < -0.4 is 5.01 Å². The fourth-order valence-electron chi connectivity index (χ4n) is 3.57. The van der Waals surface area contributed by atoms with Crippen LogP contribution in [0.4, 0.5) is 5.69 Å². The predicted octanol–water partition coefficient (Wildman–Crippen LogP) is 8.45. The van der Waals surface area contributed by atoms with Crippen LogP contribution in [0.25, 0.3) is 5.57 Å². The van der Waals surface area contributed by atoms with E-state index in [0.29, 0.717) is 6.54 Å². The zero-order valence-corrected chi connectivity index (χ0v) is 20.6. The van der Waals surface area contributed by atoms with Gasteiger partial charge in [-0.3, -0.25) is 5.01 Å². The largest absolute Gasteiger partial charge is 0.261 e. The number of hydrogen-bond acceptors (Lipinski definition) is 2. The van der Waals surface area contributed by atoms with E-state index in [0.717, 1.165) is 11.3 Å². The molecule has 172 valence electrons. The van der Waals surface area contributed by atoms with E-state index in [-0.39, 0.29) is 0 Å². The molecular formula is C32H34N2. The molecule has 4 rings (SSSR count). The van der Waals surface area contributed by atoms with Crippen LogP contribution in [-0.2, 0) is 6.54 Å². The lowest BCUT2D eigenvalue weighted by Crippen LogP contribution is -2.15. The third kappa shape index (κ3) is 7.05.